The van der Waals surface area contributed by atoms with Crippen molar-refractivity contribution in [2.45, 2.75) is 12.5 Å². The summed E-state index contributed by atoms with van der Waals surface area (Å²) in [7, 11) is 0. The normalized spacial score (nSPS) is 17.6. The summed E-state index contributed by atoms with van der Waals surface area (Å²) < 4.78 is 0. The van der Waals surface area contributed by atoms with E-state index in [1.807, 2.05) is 30.5 Å². The minimum absolute atomic E-state index is 0.0133. The molecule has 5 nitrogen and oxygen atoms in total. The summed E-state index contributed by atoms with van der Waals surface area (Å²) in [4.78, 5) is 31.1. The smallest absolute Gasteiger partial charge is 0.295 e. The van der Waals surface area contributed by atoms with Crippen LogP contribution in [0.1, 0.15) is 22.7 Å². The molecule has 5 rings (SSSR count). The van der Waals surface area contributed by atoms with Crippen LogP contribution in [0, 0.1) is 0 Å². The number of hydrogen-bond acceptors (Lipinski definition) is 3. The Morgan fingerprint density at radius 2 is 1.65 bits per heavy atom. The highest BCUT2D eigenvalue weighted by atomic mass is 35.5. The van der Waals surface area contributed by atoms with Crippen molar-refractivity contribution in [1.82, 2.24) is 9.88 Å². The Balaban J connectivity index is 1.58. The second-order valence-electron chi connectivity index (χ2n) is 8.13. The fourth-order valence-electron chi connectivity index (χ4n) is 4.47. The molecule has 0 radical (unpaired) electrons. The van der Waals surface area contributed by atoms with Gasteiger partial charge in [-0.15, -0.1) is 0 Å². The van der Waals surface area contributed by atoms with Crippen molar-refractivity contribution in [3.8, 4) is 0 Å². The highest BCUT2D eigenvalue weighted by Gasteiger charge is 2.46. The minimum atomic E-state index is -0.811. The van der Waals surface area contributed by atoms with E-state index in [0.717, 1.165) is 16.5 Å². The van der Waals surface area contributed by atoms with Crippen LogP contribution in [-0.4, -0.2) is 33.2 Å². The van der Waals surface area contributed by atoms with E-state index >= 15 is 0 Å². The standard InChI is InChI=1S/C27H20Cl2N2O3/c28-18-11-9-16(10-12-18)25(32)23-24(20-6-1-3-7-21(20)29)31(27(34)26(23)33)14-13-17-15-30-22-8-4-2-5-19(17)22/h1-12,15,24,30,32H,13-14H2/b25-23-. The second-order valence-corrected chi connectivity index (χ2v) is 8.97. The fraction of sp³-hybridized carbons (Fsp3) is 0.111. The van der Waals surface area contributed by atoms with Crippen LogP contribution in [0.2, 0.25) is 10.0 Å². The molecule has 2 N–H and O–H groups in total. The van der Waals surface area contributed by atoms with Crippen molar-refractivity contribution >= 4 is 51.6 Å². The third-order valence-electron chi connectivity index (χ3n) is 6.15. The van der Waals surface area contributed by atoms with Gasteiger partial charge in [-0.1, -0.05) is 59.6 Å². The summed E-state index contributed by atoms with van der Waals surface area (Å²) in [6.45, 7) is 0.277. The number of Topliss-reactive ketones (excluding diaryl/α,β-unsaturated/α-hetero) is 1. The molecule has 1 amide bonds. The van der Waals surface area contributed by atoms with Crippen molar-refractivity contribution in [2.24, 2.45) is 0 Å². The third kappa shape index (κ3) is 3.87. The highest BCUT2D eigenvalue weighted by Crippen LogP contribution is 2.42. The maximum absolute atomic E-state index is 13.2. The van der Waals surface area contributed by atoms with Crippen LogP contribution in [0.5, 0.6) is 0 Å². The SMILES string of the molecule is O=C1C(=O)N(CCc2c[nH]c3ccccc23)C(c2ccccc2Cl)/C1=C(/O)c1ccc(Cl)cc1. The summed E-state index contributed by atoms with van der Waals surface area (Å²) in [6, 6.07) is 20.6. The van der Waals surface area contributed by atoms with Gasteiger partial charge >= 0.3 is 0 Å². The van der Waals surface area contributed by atoms with E-state index in [4.69, 9.17) is 23.2 Å². The molecular weight excluding hydrogens is 471 g/mol. The Morgan fingerprint density at radius 1 is 0.941 bits per heavy atom. The van der Waals surface area contributed by atoms with E-state index in [2.05, 4.69) is 4.98 Å². The molecule has 34 heavy (non-hydrogen) atoms. The van der Waals surface area contributed by atoms with Crippen LogP contribution in [0.15, 0.2) is 84.6 Å². The maximum Gasteiger partial charge on any atom is 0.295 e. The first-order chi connectivity index (χ1) is 16.5. The minimum Gasteiger partial charge on any atom is -0.507 e. The van der Waals surface area contributed by atoms with Crippen molar-refractivity contribution < 1.29 is 14.7 Å². The van der Waals surface area contributed by atoms with E-state index < -0.39 is 17.7 Å². The summed E-state index contributed by atoms with van der Waals surface area (Å²) in [5.41, 5.74) is 3.03. The Bertz CT molecular complexity index is 1440. The highest BCUT2D eigenvalue weighted by molar-refractivity contribution is 6.47. The molecule has 1 aromatic heterocycles. The molecule has 1 aliphatic rings. The number of benzene rings is 3. The van der Waals surface area contributed by atoms with Gasteiger partial charge in [0.05, 0.1) is 11.6 Å². The lowest BCUT2D eigenvalue weighted by molar-refractivity contribution is -0.139. The number of aliphatic hydroxyl groups is 1. The maximum atomic E-state index is 13.2. The van der Waals surface area contributed by atoms with E-state index in [-0.39, 0.29) is 17.9 Å². The predicted octanol–water partition coefficient (Wildman–Crippen LogP) is 6.14. The molecule has 3 aromatic carbocycles. The van der Waals surface area contributed by atoms with E-state index in [1.54, 1.807) is 48.5 Å². The number of amides is 1. The second kappa shape index (κ2) is 9.01. The number of likely N-dealkylation sites (tertiary alicyclic amines) is 1. The Labute approximate surface area is 206 Å². The Hall–Kier alpha value is -3.54. The molecule has 1 unspecified atom stereocenters. The number of fused-ring (bicyclic) bond motifs is 1. The number of nitrogens with one attached hydrogen (secondary N) is 1. The lowest BCUT2D eigenvalue weighted by Gasteiger charge is -2.26. The largest absolute Gasteiger partial charge is 0.507 e. The first-order valence-corrected chi connectivity index (χ1v) is 11.5. The number of carbonyl (C=O) groups is 2. The molecule has 1 atom stereocenters. The van der Waals surface area contributed by atoms with Gasteiger partial charge in [0.1, 0.15) is 5.76 Å². The number of ketones is 1. The van der Waals surface area contributed by atoms with Gasteiger partial charge in [0.2, 0.25) is 0 Å². The molecule has 0 spiro atoms. The fourth-order valence-corrected chi connectivity index (χ4v) is 4.84. The van der Waals surface area contributed by atoms with E-state index in [9.17, 15) is 14.7 Å². The third-order valence-corrected chi connectivity index (χ3v) is 6.75. The summed E-state index contributed by atoms with van der Waals surface area (Å²) >= 11 is 12.5. The number of para-hydroxylation sites is 1. The predicted molar refractivity (Wildman–Crippen MR) is 134 cm³/mol. The number of aromatic nitrogens is 1. The van der Waals surface area contributed by atoms with Crippen LogP contribution >= 0.6 is 23.2 Å². The number of carbonyl (C=O) groups excluding carboxylic acids is 2. The molecule has 170 valence electrons. The average Bonchev–Trinajstić information content (AvgIpc) is 3.37. The zero-order valence-corrected chi connectivity index (χ0v) is 19.5. The van der Waals surface area contributed by atoms with Gasteiger partial charge in [-0.3, -0.25) is 9.59 Å². The van der Waals surface area contributed by atoms with Crippen molar-refractivity contribution in [3.05, 3.63) is 111 Å². The van der Waals surface area contributed by atoms with Gasteiger partial charge < -0.3 is 15.0 Å². The molecule has 0 aliphatic carbocycles. The van der Waals surface area contributed by atoms with Crippen molar-refractivity contribution in [3.63, 3.8) is 0 Å². The zero-order valence-electron chi connectivity index (χ0n) is 18.0. The summed E-state index contributed by atoms with van der Waals surface area (Å²) in [6.07, 6.45) is 2.44. The topological polar surface area (TPSA) is 73.4 Å². The first-order valence-electron chi connectivity index (χ1n) is 10.8. The average molecular weight is 491 g/mol. The van der Waals surface area contributed by atoms with Crippen molar-refractivity contribution in [1.29, 1.82) is 0 Å². The van der Waals surface area contributed by atoms with Gasteiger partial charge in [0.25, 0.3) is 11.7 Å². The molecule has 0 bridgehead atoms. The molecule has 1 aliphatic heterocycles. The molecular formula is C27H20Cl2N2O3. The van der Waals surface area contributed by atoms with E-state index in [0.29, 0.717) is 27.6 Å². The van der Waals surface area contributed by atoms with Crippen molar-refractivity contribution in [2.75, 3.05) is 6.54 Å². The zero-order chi connectivity index (χ0) is 23.8. The number of nitrogens with zero attached hydrogens (tertiary/aromatic N) is 1. The van der Waals surface area contributed by atoms with Gasteiger partial charge in [-0.2, -0.15) is 0 Å². The quantitative estimate of drug-likeness (QED) is 0.200. The number of rotatable bonds is 5. The number of aliphatic hydroxyl groups excluding tert-OH is 1. The summed E-state index contributed by atoms with van der Waals surface area (Å²) in [5.74, 6) is -1.66. The van der Waals surface area contributed by atoms with Gasteiger partial charge in [0, 0.05) is 39.3 Å². The van der Waals surface area contributed by atoms with Crippen LogP contribution in [0.4, 0.5) is 0 Å². The Kier molecular flexibility index (Phi) is 5.90. The van der Waals surface area contributed by atoms with Gasteiger partial charge in [-0.05, 0) is 53.9 Å². The number of H-pyrrole nitrogens is 1. The number of hydrogen-bond donors (Lipinski definition) is 2. The van der Waals surface area contributed by atoms with Crippen LogP contribution in [-0.2, 0) is 16.0 Å². The molecule has 7 heteroatoms. The van der Waals surface area contributed by atoms with E-state index in [1.165, 1.54) is 4.90 Å². The van der Waals surface area contributed by atoms with Crippen LogP contribution < -0.4 is 0 Å². The van der Waals surface area contributed by atoms with Gasteiger partial charge in [0.15, 0.2) is 0 Å². The molecule has 2 heterocycles. The van der Waals surface area contributed by atoms with Crippen LogP contribution in [0.3, 0.4) is 0 Å². The summed E-state index contributed by atoms with van der Waals surface area (Å²) in [5, 5.41) is 13.1. The van der Waals surface area contributed by atoms with Gasteiger partial charge in [-0.25, -0.2) is 0 Å². The lowest BCUT2D eigenvalue weighted by atomic mass is 9.95. The molecule has 0 saturated carbocycles. The molecule has 1 saturated heterocycles. The first kappa shape index (κ1) is 22.3. The number of aromatic amines is 1. The monoisotopic (exact) mass is 490 g/mol. The van der Waals surface area contributed by atoms with Crippen LogP contribution in [0.25, 0.3) is 16.7 Å². The number of halogens is 2. The molecule has 4 aromatic rings. The Morgan fingerprint density at radius 3 is 2.41 bits per heavy atom. The molecule has 1 fully saturated rings. The lowest BCUT2D eigenvalue weighted by Crippen LogP contribution is -2.31.